The van der Waals surface area contributed by atoms with E-state index < -0.39 is 0 Å². The Kier molecular flexibility index (Phi) is 2.50. The Balaban J connectivity index is 1.97. The highest BCUT2D eigenvalue weighted by molar-refractivity contribution is 6.30. The van der Waals surface area contributed by atoms with Crippen molar-refractivity contribution < 1.29 is 0 Å². The maximum absolute atomic E-state index is 6.16. The van der Waals surface area contributed by atoms with Gasteiger partial charge in [0.05, 0.1) is 6.04 Å². The monoisotopic (exact) mass is 282 g/mol. The fraction of sp³-hybridized carbons (Fsp3) is 0.0667. The van der Waals surface area contributed by atoms with E-state index >= 15 is 0 Å². The first kappa shape index (κ1) is 11.5. The summed E-state index contributed by atoms with van der Waals surface area (Å²) in [5, 5.41) is 12.1. The Hall–Kier alpha value is -2.33. The fourth-order valence-electron chi connectivity index (χ4n) is 2.64. The van der Waals surface area contributed by atoms with Crippen LogP contribution in [0.25, 0.3) is 0 Å². The number of hydrogen-bond acceptors (Lipinski definition) is 3. The minimum atomic E-state index is 0.0381. The van der Waals surface area contributed by atoms with E-state index in [1.54, 1.807) is 6.33 Å². The molecule has 1 N–H and O–H groups in total. The van der Waals surface area contributed by atoms with Crippen molar-refractivity contribution in [1.29, 1.82) is 0 Å². The van der Waals surface area contributed by atoms with Crippen molar-refractivity contribution in [3.63, 3.8) is 0 Å². The Morgan fingerprint density at radius 3 is 2.80 bits per heavy atom. The standard InChI is InChI=1S/C15H11ClN4/c16-11-6-7-13-12(8-11)14(10-4-2-1-3-5-10)20-9-17-19-15(20)18-13/h1-9,14H,(H,18,19)/t14-/m0/s1. The van der Waals surface area contributed by atoms with Crippen molar-refractivity contribution in [1.82, 2.24) is 14.8 Å². The Morgan fingerprint density at radius 1 is 1.10 bits per heavy atom. The van der Waals surface area contributed by atoms with Crippen molar-refractivity contribution in [3.05, 3.63) is 71.0 Å². The third-order valence-corrected chi connectivity index (χ3v) is 3.76. The number of nitrogens with one attached hydrogen (secondary N) is 1. The first-order valence-corrected chi connectivity index (χ1v) is 6.71. The predicted molar refractivity (Wildman–Crippen MR) is 78.4 cm³/mol. The van der Waals surface area contributed by atoms with Gasteiger partial charge in [-0.1, -0.05) is 41.9 Å². The maximum Gasteiger partial charge on any atom is 0.229 e. The summed E-state index contributed by atoms with van der Waals surface area (Å²) in [4.78, 5) is 0. The van der Waals surface area contributed by atoms with Gasteiger partial charge in [-0.15, -0.1) is 10.2 Å². The van der Waals surface area contributed by atoms with Gasteiger partial charge in [-0.2, -0.15) is 0 Å². The van der Waals surface area contributed by atoms with Gasteiger partial charge in [0.15, 0.2) is 0 Å². The predicted octanol–water partition coefficient (Wildman–Crippen LogP) is 3.63. The molecule has 5 heteroatoms. The van der Waals surface area contributed by atoms with Crippen LogP contribution in [0.5, 0.6) is 0 Å². The van der Waals surface area contributed by atoms with Crippen LogP contribution in [0.15, 0.2) is 54.9 Å². The summed E-state index contributed by atoms with van der Waals surface area (Å²) in [5.41, 5.74) is 3.32. The first-order valence-electron chi connectivity index (χ1n) is 6.34. The van der Waals surface area contributed by atoms with Crippen molar-refractivity contribution in [3.8, 4) is 0 Å². The lowest BCUT2D eigenvalue weighted by Crippen LogP contribution is -2.20. The molecule has 2 aromatic carbocycles. The Bertz CT molecular complexity index is 767. The lowest BCUT2D eigenvalue weighted by atomic mass is 9.95. The van der Waals surface area contributed by atoms with Crippen LogP contribution in [0.3, 0.4) is 0 Å². The smallest absolute Gasteiger partial charge is 0.229 e. The van der Waals surface area contributed by atoms with Crippen LogP contribution in [0, 0.1) is 0 Å². The first-order chi connectivity index (χ1) is 9.83. The number of fused-ring (bicyclic) bond motifs is 2. The molecule has 0 unspecified atom stereocenters. The molecule has 98 valence electrons. The molecule has 1 aliphatic rings. The minimum absolute atomic E-state index is 0.0381. The largest absolute Gasteiger partial charge is 0.324 e. The van der Waals surface area contributed by atoms with Gasteiger partial charge in [0.1, 0.15) is 6.33 Å². The summed E-state index contributed by atoms with van der Waals surface area (Å²) in [6.45, 7) is 0. The van der Waals surface area contributed by atoms with Gasteiger partial charge < -0.3 is 5.32 Å². The number of hydrogen-bond donors (Lipinski definition) is 1. The van der Waals surface area contributed by atoms with E-state index in [0.29, 0.717) is 0 Å². The van der Waals surface area contributed by atoms with Crippen LogP contribution in [0.2, 0.25) is 5.02 Å². The summed E-state index contributed by atoms with van der Waals surface area (Å²) in [7, 11) is 0. The van der Waals surface area contributed by atoms with Crippen LogP contribution in [-0.4, -0.2) is 14.8 Å². The van der Waals surface area contributed by atoms with Gasteiger partial charge in [-0.3, -0.25) is 4.57 Å². The topological polar surface area (TPSA) is 42.7 Å². The second-order valence-corrected chi connectivity index (χ2v) is 5.17. The quantitative estimate of drug-likeness (QED) is 0.580. The van der Waals surface area contributed by atoms with Gasteiger partial charge in [0, 0.05) is 16.3 Å². The van der Waals surface area contributed by atoms with Crippen molar-refractivity contribution >= 4 is 23.2 Å². The highest BCUT2D eigenvalue weighted by atomic mass is 35.5. The molecule has 0 amide bonds. The Morgan fingerprint density at radius 2 is 1.95 bits per heavy atom. The molecule has 0 saturated carbocycles. The molecule has 2 heterocycles. The molecular formula is C15H11ClN4. The van der Waals surface area contributed by atoms with E-state index in [2.05, 4.69) is 27.6 Å². The molecule has 0 saturated heterocycles. The number of halogens is 1. The number of nitrogens with zero attached hydrogens (tertiary/aromatic N) is 3. The van der Waals surface area contributed by atoms with Gasteiger partial charge in [-0.05, 0) is 23.8 Å². The van der Waals surface area contributed by atoms with Crippen LogP contribution in [0.1, 0.15) is 17.2 Å². The molecule has 4 rings (SSSR count). The summed E-state index contributed by atoms with van der Waals surface area (Å²) in [5.74, 6) is 0.744. The fourth-order valence-corrected chi connectivity index (χ4v) is 2.82. The lowest BCUT2D eigenvalue weighted by Gasteiger charge is -2.28. The second kappa shape index (κ2) is 4.35. The van der Waals surface area contributed by atoms with Crippen LogP contribution in [-0.2, 0) is 0 Å². The van der Waals surface area contributed by atoms with Gasteiger partial charge in [0.2, 0.25) is 5.95 Å². The third kappa shape index (κ3) is 1.69. The van der Waals surface area contributed by atoms with Crippen molar-refractivity contribution in [2.75, 3.05) is 5.32 Å². The van der Waals surface area contributed by atoms with Crippen LogP contribution < -0.4 is 5.32 Å². The number of anilines is 2. The van der Waals surface area contributed by atoms with E-state index in [4.69, 9.17) is 11.6 Å². The SMILES string of the molecule is Clc1ccc2c(c1)[C@H](c1ccccc1)n1cnnc1N2. The van der Waals surface area contributed by atoms with E-state index in [9.17, 15) is 0 Å². The molecule has 1 aromatic heterocycles. The molecule has 0 fully saturated rings. The summed E-state index contributed by atoms with van der Waals surface area (Å²) < 4.78 is 2.02. The normalized spacial score (nSPS) is 16.1. The molecule has 0 spiro atoms. The zero-order chi connectivity index (χ0) is 13.5. The molecular weight excluding hydrogens is 272 g/mol. The number of benzene rings is 2. The zero-order valence-corrected chi connectivity index (χ0v) is 11.2. The molecule has 20 heavy (non-hydrogen) atoms. The highest BCUT2D eigenvalue weighted by Gasteiger charge is 2.27. The molecule has 0 aliphatic carbocycles. The lowest BCUT2D eigenvalue weighted by molar-refractivity contribution is 0.671. The average molecular weight is 283 g/mol. The summed E-state index contributed by atoms with van der Waals surface area (Å²) >= 11 is 6.16. The van der Waals surface area contributed by atoms with Gasteiger partial charge in [-0.25, -0.2) is 0 Å². The van der Waals surface area contributed by atoms with Gasteiger partial charge in [0.25, 0.3) is 0 Å². The third-order valence-electron chi connectivity index (χ3n) is 3.52. The second-order valence-electron chi connectivity index (χ2n) is 4.73. The van der Waals surface area contributed by atoms with E-state index in [1.807, 2.05) is 41.0 Å². The molecule has 1 atom stereocenters. The minimum Gasteiger partial charge on any atom is -0.324 e. The van der Waals surface area contributed by atoms with Crippen molar-refractivity contribution in [2.24, 2.45) is 0 Å². The number of aromatic nitrogens is 3. The van der Waals surface area contributed by atoms with E-state index in [-0.39, 0.29) is 6.04 Å². The molecule has 0 bridgehead atoms. The molecule has 3 aromatic rings. The Labute approximate surface area is 121 Å². The zero-order valence-electron chi connectivity index (χ0n) is 10.5. The average Bonchev–Trinajstić information content (AvgIpc) is 2.93. The maximum atomic E-state index is 6.16. The molecule has 0 radical (unpaired) electrons. The molecule has 1 aliphatic heterocycles. The van der Waals surface area contributed by atoms with E-state index in [1.165, 1.54) is 5.56 Å². The van der Waals surface area contributed by atoms with E-state index in [0.717, 1.165) is 22.2 Å². The molecule has 4 nitrogen and oxygen atoms in total. The summed E-state index contributed by atoms with van der Waals surface area (Å²) in [6.07, 6.45) is 1.74. The summed E-state index contributed by atoms with van der Waals surface area (Å²) in [6, 6.07) is 16.2. The van der Waals surface area contributed by atoms with Gasteiger partial charge >= 0.3 is 0 Å². The highest BCUT2D eigenvalue weighted by Crippen LogP contribution is 2.39. The van der Waals surface area contributed by atoms with Crippen LogP contribution in [0.4, 0.5) is 11.6 Å². The van der Waals surface area contributed by atoms with Crippen LogP contribution >= 0.6 is 11.6 Å². The van der Waals surface area contributed by atoms with Crippen molar-refractivity contribution in [2.45, 2.75) is 6.04 Å². The number of rotatable bonds is 1.